The SMILES string of the molecule is CC(C)[C@@H]([NH2+]Cc1cc(=O)n2ccsc2n1)c1ccc(C2CCCCC2)cc1. The molecule has 0 aliphatic heterocycles. The zero-order valence-electron chi connectivity index (χ0n) is 16.8. The number of hydrogen-bond donors (Lipinski definition) is 1. The molecule has 1 aliphatic carbocycles. The zero-order chi connectivity index (χ0) is 19.5. The van der Waals surface area contributed by atoms with Crippen LogP contribution in [0.4, 0.5) is 0 Å². The molecule has 0 unspecified atom stereocenters. The second-order valence-electron chi connectivity index (χ2n) is 8.35. The van der Waals surface area contributed by atoms with Gasteiger partial charge in [0.1, 0.15) is 18.3 Å². The fourth-order valence-corrected chi connectivity index (χ4v) is 5.20. The van der Waals surface area contributed by atoms with E-state index in [-0.39, 0.29) is 5.56 Å². The first-order chi connectivity index (χ1) is 13.6. The Labute approximate surface area is 170 Å². The second-order valence-corrected chi connectivity index (χ2v) is 9.23. The molecule has 1 aliphatic rings. The molecule has 0 spiro atoms. The van der Waals surface area contributed by atoms with Crippen LogP contribution in [-0.4, -0.2) is 9.38 Å². The Morgan fingerprint density at radius 2 is 1.93 bits per heavy atom. The highest BCUT2D eigenvalue weighted by atomic mass is 32.1. The highest BCUT2D eigenvalue weighted by molar-refractivity contribution is 7.15. The normalized spacial score (nSPS) is 16.7. The lowest BCUT2D eigenvalue weighted by atomic mass is 9.83. The van der Waals surface area contributed by atoms with Crippen LogP contribution in [0, 0.1) is 5.92 Å². The third-order valence-electron chi connectivity index (χ3n) is 6.05. The van der Waals surface area contributed by atoms with Crippen LogP contribution >= 0.6 is 11.3 Å². The molecule has 2 aromatic heterocycles. The summed E-state index contributed by atoms with van der Waals surface area (Å²) in [5.74, 6) is 1.26. The molecule has 1 atom stereocenters. The quantitative estimate of drug-likeness (QED) is 0.677. The lowest BCUT2D eigenvalue weighted by molar-refractivity contribution is -0.717. The van der Waals surface area contributed by atoms with Gasteiger partial charge in [-0.2, -0.15) is 0 Å². The van der Waals surface area contributed by atoms with Crippen LogP contribution in [0.3, 0.4) is 0 Å². The second kappa shape index (κ2) is 8.58. The van der Waals surface area contributed by atoms with E-state index in [1.54, 1.807) is 16.7 Å². The van der Waals surface area contributed by atoms with Crippen molar-refractivity contribution in [3.63, 3.8) is 0 Å². The summed E-state index contributed by atoms with van der Waals surface area (Å²) in [5.41, 5.74) is 3.73. The Kier molecular flexibility index (Phi) is 5.93. The van der Waals surface area contributed by atoms with Crippen LogP contribution in [0.2, 0.25) is 0 Å². The third-order valence-corrected chi connectivity index (χ3v) is 6.81. The van der Waals surface area contributed by atoms with Crippen LogP contribution < -0.4 is 10.9 Å². The van der Waals surface area contributed by atoms with Crippen LogP contribution in [0.5, 0.6) is 0 Å². The number of benzene rings is 1. The van der Waals surface area contributed by atoms with Crippen molar-refractivity contribution in [1.82, 2.24) is 9.38 Å². The topological polar surface area (TPSA) is 51.0 Å². The molecule has 1 aromatic carbocycles. The van der Waals surface area contributed by atoms with Gasteiger partial charge in [0.15, 0.2) is 4.96 Å². The van der Waals surface area contributed by atoms with Gasteiger partial charge in [-0.25, -0.2) is 4.98 Å². The van der Waals surface area contributed by atoms with E-state index in [2.05, 4.69) is 48.4 Å². The molecule has 5 heteroatoms. The molecular formula is C23H30N3OS+. The number of thiazole rings is 1. The third kappa shape index (κ3) is 4.20. The fraction of sp³-hybridized carbons (Fsp3) is 0.478. The minimum Gasteiger partial charge on any atom is -0.335 e. The Morgan fingerprint density at radius 1 is 1.18 bits per heavy atom. The summed E-state index contributed by atoms with van der Waals surface area (Å²) in [6.45, 7) is 5.25. The summed E-state index contributed by atoms with van der Waals surface area (Å²) in [4.78, 5) is 17.6. The summed E-state index contributed by atoms with van der Waals surface area (Å²) in [5, 5.41) is 4.23. The molecule has 2 heterocycles. The van der Waals surface area contributed by atoms with Gasteiger partial charge in [-0.1, -0.05) is 57.4 Å². The van der Waals surface area contributed by atoms with Gasteiger partial charge in [0, 0.05) is 29.1 Å². The summed E-state index contributed by atoms with van der Waals surface area (Å²) < 4.78 is 1.61. The maximum atomic E-state index is 12.2. The molecule has 2 N–H and O–H groups in total. The van der Waals surface area contributed by atoms with Crippen LogP contribution in [-0.2, 0) is 6.54 Å². The Morgan fingerprint density at radius 3 is 2.64 bits per heavy atom. The molecule has 3 aromatic rings. The molecule has 0 saturated heterocycles. The van der Waals surface area contributed by atoms with E-state index < -0.39 is 0 Å². The van der Waals surface area contributed by atoms with Gasteiger partial charge in [-0.15, -0.1) is 11.3 Å². The van der Waals surface area contributed by atoms with Crippen molar-refractivity contribution >= 4 is 16.3 Å². The maximum absolute atomic E-state index is 12.2. The van der Waals surface area contributed by atoms with E-state index in [1.165, 1.54) is 54.6 Å². The highest BCUT2D eigenvalue weighted by Crippen LogP contribution is 2.33. The average Bonchev–Trinajstić information content (AvgIpc) is 3.18. The number of fused-ring (bicyclic) bond motifs is 1. The van der Waals surface area contributed by atoms with Crippen molar-refractivity contribution in [3.8, 4) is 0 Å². The lowest BCUT2D eigenvalue weighted by Gasteiger charge is -2.23. The first-order valence-electron chi connectivity index (χ1n) is 10.5. The highest BCUT2D eigenvalue weighted by Gasteiger charge is 2.21. The van der Waals surface area contributed by atoms with Crippen molar-refractivity contribution in [1.29, 1.82) is 0 Å². The van der Waals surface area contributed by atoms with E-state index in [4.69, 9.17) is 0 Å². The number of rotatable bonds is 6. The van der Waals surface area contributed by atoms with Gasteiger partial charge >= 0.3 is 0 Å². The molecule has 28 heavy (non-hydrogen) atoms. The predicted octanol–water partition coefficient (Wildman–Crippen LogP) is 4.26. The molecular weight excluding hydrogens is 366 g/mol. The predicted molar refractivity (Wildman–Crippen MR) is 115 cm³/mol. The van der Waals surface area contributed by atoms with Gasteiger partial charge in [-0.3, -0.25) is 9.20 Å². The summed E-state index contributed by atoms with van der Waals surface area (Å²) in [6.07, 6.45) is 8.60. The van der Waals surface area contributed by atoms with Gasteiger partial charge in [0.2, 0.25) is 0 Å². The van der Waals surface area contributed by atoms with Gasteiger partial charge in [0.25, 0.3) is 5.56 Å². The molecule has 148 valence electrons. The minimum absolute atomic E-state index is 0.00702. The van der Waals surface area contributed by atoms with Crippen molar-refractivity contribution in [2.75, 3.05) is 0 Å². The zero-order valence-corrected chi connectivity index (χ0v) is 17.6. The first kappa shape index (κ1) is 19.3. The number of nitrogens with zero attached hydrogens (tertiary/aromatic N) is 2. The minimum atomic E-state index is 0.00702. The summed E-state index contributed by atoms with van der Waals surface area (Å²) in [7, 11) is 0. The largest absolute Gasteiger partial charge is 0.335 e. The van der Waals surface area contributed by atoms with E-state index >= 15 is 0 Å². The van der Waals surface area contributed by atoms with Gasteiger partial charge < -0.3 is 5.32 Å². The monoisotopic (exact) mass is 396 g/mol. The van der Waals surface area contributed by atoms with E-state index in [1.807, 2.05) is 5.38 Å². The van der Waals surface area contributed by atoms with Gasteiger partial charge in [-0.05, 0) is 24.3 Å². The Bertz CT molecular complexity index is 967. The van der Waals surface area contributed by atoms with Crippen LogP contribution in [0.1, 0.15) is 74.7 Å². The standard InChI is InChI=1S/C23H29N3OS/c1-16(2)22(19-10-8-18(9-11-19)17-6-4-3-5-7-17)24-15-20-14-21(27)26-12-13-28-23(26)25-20/h8-14,16-17,22,24H,3-7,15H2,1-2H3/p+1/t22-/m1/s1. The van der Waals surface area contributed by atoms with Crippen molar-refractivity contribution in [2.24, 2.45) is 5.92 Å². The molecule has 1 fully saturated rings. The summed E-state index contributed by atoms with van der Waals surface area (Å²) in [6, 6.07) is 11.4. The Balaban J connectivity index is 1.48. The number of hydrogen-bond acceptors (Lipinski definition) is 3. The molecule has 0 amide bonds. The van der Waals surface area contributed by atoms with E-state index in [0.29, 0.717) is 12.0 Å². The van der Waals surface area contributed by atoms with Gasteiger partial charge in [0.05, 0.1) is 0 Å². The maximum Gasteiger partial charge on any atom is 0.258 e. The first-order valence-corrected chi connectivity index (χ1v) is 11.4. The van der Waals surface area contributed by atoms with E-state index in [0.717, 1.165) is 23.1 Å². The smallest absolute Gasteiger partial charge is 0.258 e. The molecule has 0 bridgehead atoms. The van der Waals surface area contributed by atoms with Crippen LogP contribution in [0.25, 0.3) is 4.96 Å². The summed E-state index contributed by atoms with van der Waals surface area (Å²) >= 11 is 1.51. The number of aromatic nitrogens is 2. The molecule has 0 radical (unpaired) electrons. The van der Waals surface area contributed by atoms with E-state index in [9.17, 15) is 4.79 Å². The number of nitrogens with two attached hydrogens (primary N) is 1. The average molecular weight is 397 g/mol. The van der Waals surface area contributed by atoms with Crippen molar-refractivity contribution < 1.29 is 5.32 Å². The fourth-order valence-electron chi connectivity index (χ4n) is 4.46. The van der Waals surface area contributed by atoms with Crippen LogP contribution in [0.15, 0.2) is 46.7 Å². The van der Waals surface area contributed by atoms with Crippen molar-refractivity contribution in [3.05, 3.63) is 69.1 Å². The molecule has 4 rings (SSSR count). The molecule has 4 nitrogen and oxygen atoms in total. The lowest BCUT2D eigenvalue weighted by Crippen LogP contribution is -2.84. The Hall–Kier alpha value is -1.98. The molecule has 1 saturated carbocycles. The number of quaternary nitrogens is 1. The van der Waals surface area contributed by atoms with Crippen molar-refractivity contribution in [2.45, 2.75) is 64.5 Å².